The highest BCUT2D eigenvalue weighted by atomic mass is 79.9. The summed E-state index contributed by atoms with van der Waals surface area (Å²) in [7, 11) is 5.25. The van der Waals surface area contributed by atoms with Gasteiger partial charge in [0.05, 0.1) is 10.3 Å². The van der Waals surface area contributed by atoms with Gasteiger partial charge in [0.15, 0.2) is 5.96 Å². The molecule has 1 aromatic carbocycles. The van der Waals surface area contributed by atoms with E-state index in [1.54, 1.807) is 37.4 Å². The molecular weight excluding hydrogens is 388 g/mol. The number of amides is 1. The highest BCUT2D eigenvalue weighted by Crippen LogP contribution is 2.21. The molecule has 0 aliphatic carbocycles. The van der Waals surface area contributed by atoms with E-state index in [0.29, 0.717) is 12.1 Å². The van der Waals surface area contributed by atoms with Crippen molar-refractivity contribution in [1.29, 1.82) is 0 Å². The number of halogens is 1. The van der Waals surface area contributed by atoms with Crippen molar-refractivity contribution in [3.05, 3.63) is 56.2 Å². The number of hydrogen-bond donors (Lipinski definition) is 2. The van der Waals surface area contributed by atoms with Crippen LogP contribution in [-0.4, -0.2) is 37.9 Å². The normalized spacial score (nSPS) is 11.2. The zero-order chi connectivity index (χ0) is 17.5. The first-order valence-corrected chi connectivity index (χ1v) is 9.10. The Hall–Kier alpha value is -1.86. The first-order chi connectivity index (χ1) is 11.5. The quantitative estimate of drug-likeness (QED) is 0.590. The molecule has 2 rings (SSSR count). The van der Waals surface area contributed by atoms with Crippen LogP contribution in [-0.2, 0) is 13.1 Å². The Bertz CT molecular complexity index is 710. The van der Waals surface area contributed by atoms with Gasteiger partial charge in [0.1, 0.15) is 0 Å². The molecule has 0 saturated carbocycles. The molecule has 2 N–H and O–H groups in total. The highest BCUT2D eigenvalue weighted by Gasteiger charge is 2.07. The van der Waals surface area contributed by atoms with Gasteiger partial charge in [-0.05, 0) is 45.8 Å². The summed E-state index contributed by atoms with van der Waals surface area (Å²) in [6.45, 7) is 1.37. The molecule has 0 aliphatic rings. The lowest BCUT2D eigenvalue weighted by atomic mass is 10.1. The monoisotopic (exact) mass is 408 g/mol. The highest BCUT2D eigenvalue weighted by molar-refractivity contribution is 9.11. The van der Waals surface area contributed by atoms with Crippen LogP contribution in [0.2, 0.25) is 0 Å². The molecule has 0 spiro atoms. The molecule has 1 heterocycles. The van der Waals surface area contributed by atoms with Gasteiger partial charge in [-0.3, -0.25) is 9.79 Å². The van der Waals surface area contributed by atoms with Gasteiger partial charge in [0.25, 0.3) is 5.91 Å². The van der Waals surface area contributed by atoms with Crippen molar-refractivity contribution in [2.45, 2.75) is 13.1 Å². The van der Waals surface area contributed by atoms with Crippen LogP contribution >= 0.6 is 27.3 Å². The molecule has 0 bridgehead atoms. The van der Waals surface area contributed by atoms with Crippen LogP contribution in [0.15, 0.2) is 45.2 Å². The van der Waals surface area contributed by atoms with Gasteiger partial charge in [-0.25, -0.2) is 0 Å². The lowest BCUT2D eigenvalue weighted by molar-refractivity contribution is 0.0827. The van der Waals surface area contributed by atoms with Crippen LogP contribution in [0.4, 0.5) is 0 Å². The molecule has 128 valence electrons. The Labute approximate surface area is 154 Å². The Morgan fingerprint density at radius 1 is 1.12 bits per heavy atom. The molecule has 2 aromatic rings. The number of nitrogens with one attached hydrogen (secondary N) is 2. The summed E-state index contributed by atoms with van der Waals surface area (Å²) in [5.74, 6) is 0.752. The fourth-order valence-corrected chi connectivity index (χ4v) is 3.47. The smallest absolute Gasteiger partial charge is 0.253 e. The van der Waals surface area contributed by atoms with Crippen LogP contribution < -0.4 is 10.6 Å². The van der Waals surface area contributed by atoms with Crippen molar-refractivity contribution in [3.63, 3.8) is 0 Å². The lowest BCUT2D eigenvalue weighted by Crippen LogP contribution is -2.36. The van der Waals surface area contributed by atoms with Crippen molar-refractivity contribution in [2.75, 3.05) is 21.1 Å². The van der Waals surface area contributed by atoms with E-state index < -0.39 is 0 Å². The molecule has 1 aromatic heterocycles. The second-order valence-corrected chi connectivity index (χ2v) is 7.93. The van der Waals surface area contributed by atoms with Crippen LogP contribution in [0.3, 0.4) is 0 Å². The largest absolute Gasteiger partial charge is 0.352 e. The third-order valence-electron chi connectivity index (χ3n) is 3.35. The van der Waals surface area contributed by atoms with Crippen LogP contribution in [0, 0.1) is 0 Å². The van der Waals surface area contributed by atoms with Gasteiger partial charge in [-0.15, -0.1) is 11.3 Å². The average Bonchev–Trinajstić information content (AvgIpc) is 3.00. The fraction of sp³-hybridized carbons (Fsp3) is 0.294. The zero-order valence-electron chi connectivity index (χ0n) is 14.0. The van der Waals surface area contributed by atoms with E-state index in [1.807, 2.05) is 30.3 Å². The molecular formula is C17H21BrN4OS. The first kappa shape index (κ1) is 18.5. The third-order valence-corrected chi connectivity index (χ3v) is 4.97. The minimum Gasteiger partial charge on any atom is -0.352 e. The predicted molar refractivity (Wildman–Crippen MR) is 104 cm³/mol. The van der Waals surface area contributed by atoms with E-state index in [-0.39, 0.29) is 5.91 Å². The van der Waals surface area contributed by atoms with E-state index in [9.17, 15) is 4.79 Å². The summed E-state index contributed by atoms with van der Waals surface area (Å²) in [6, 6.07) is 11.7. The van der Waals surface area contributed by atoms with Crippen molar-refractivity contribution >= 4 is 39.1 Å². The number of nitrogens with zero attached hydrogens (tertiary/aromatic N) is 2. The van der Waals surface area contributed by atoms with Crippen molar-refractivity contribution in [2.24, 2.45) is 4.99 Å². The maximum atomic E-state index is 11.9. The second-order valence-electron chi connectivity index (χ2n) is 5.38. The molecule has 7 heteroatoms. The average molecular weight is 409 g/mol. The van der Waals surface area contributed by atoms with Crippen molar-refractivity contribution in [1.82, 2.24) is 15.5 Å². The number of aliphatic imine (C=N–C) groups is 1. The number of carbonyl (C=O) groups excluding carboxylic acids is 1. The molecule has 0 fully saturated rings. The van der Waals surface area contributed by atoms with Gasteiger partial charge in [-0.2, -0.15) is 0 Å². The van der Waals surface area contributed by atoms with E-state index >= 15 is 0 Å². The summed E-state index contributed by atoms with van der Waals surface area (Å²) in [6.07, 6.45) is 0. The van der Waals surface area contributed by atoms with E-state index in [0.717, 1.165) is 21.9 Å². The Morgan fingerprint density at radius 2 is 1.79 bits per heavy atom. The summed E-state index contributed by atoms with van der Waals surface area (Å²) < 4.78 is 1.12. The first-order valence-electron chi connectivity index (χ1n) is 7.49. The topological polar surface area (TPSA) is 56.7 Å². The fourth-order valence-electron chi connectivity index (χ4n) is 2.05. The second kappa shape index (κ2) is 8.84. The molecule has 0 unspecified atom stereocenters. The van der Waals surface area contributed by atoms with Gasteiger partial charge in [-0.1, -0.05) is 12.1 Å². The van der Waals surface area contributed by atoms with Crippen LogP contribution in [0.5, 0.6) is 0 Å². The number of benzene rings is 1. The third kappa shape index (κ3) is 5.35. The maximum Gasteiger partial charge on any atom is 0.253 e. The summed E-state index contributed by atoms with van der Waals surface area (Å²) >= 11 is 5.16. The molecule has 0 aliphatic heterocycles. The predicted octanol–water partition coefficient (Wildman–Crippen LogP) is 3.08. The molecule has 0 saturated heterocycles. The zero-order valence-corrected chi connectivity index (χ0v) is 16.4. The Morgan fingerprint density at radius 3 is 2.33 bits per heavy atom. The summed E-state index contributed by atoms with van der Waals surface area (Å²) in [5.41, 5.74) is 1.78. The van der Waals surface area contributed by atoms with Gasteiger partial charge in [0, 0.05) is 38.1 Å². The molecule has 0 radical (unpaired) electrons. The van der Waals surface area contributed by atoms with Gasteiger partial charge < -0.3 is 15.5 Å². The minimum absolute atomic E-state index is 0.00842. The Balaban J connectivity index is 1.85. The number of guanidine groups is 1. The lowest BCUT2D eigenvalue weighted by Gasteiger charge is -2.12. The maximum absolute atomic E-state index is 11.9. The minimum atomic E-state index is 0.00842. The number of rotatable bonds is 5. The van der Waals surface area contributed by atoms with Gasteiger partial charge in [0.2, 0.25) is 0 Å². The van der Waals surface area contributed by atoms with Crippen molar-refractivity contribution in [3.8, 4) is 0 Å². The summed E-state index contributed by atoms with van der Waals surface area (Å²) in [4.78, 5) is 18.9. The number of thiophene rings is 1. The van der Waals surface area contributed by atoms with Crippen molar-refractivity contribution < 1.29 is 4.79 Å². The molecule has 5 nitrogen and oxygen atoms in total. The van der Waals surface area contributed by atoms with E-state index in [1.165, 1.54) is 4.88 Å². The van der Waals surface area contributed by atoms with E-state index in [4.69, 9.17) is 0 Å². The van der Waals surface area contributed by atoms with Gasteiger partial charge >= 0.3 is 0 Å². The molecule has 24 heavy (non-hydrogen) atoms. The summed E-state index contributed by atoms with van der Waals surface area (Å²) in [5, 5.41) is 6.55. The number of hydrogen-bond acceptors (Lipinski definition) is 3. The van der Waals surface area contributed by atoms with Crippen LogP contribution in [0.25, 0.3) is 0 Å². The standard InChI is InChI=1S/C17H21BrN4OS/c1-19-17(21-11-14-8-9-15(18)24-14)20-10-12-4-6-13(7-5-12)16(23)22(2)3/h4-9H,10-11H2,1-3H3,(H2,19,20,21). The number of carbonyl (C=O) groups is 1. The molecule has 1 amide bonds. The SMILES string of the molecule is CN=C(NCc1ccc(C(=O)N(C)C)cc1)NCc1ccc(Br)s1. The Kier molecular flexibility index (Phi) is 6.81. The molecule has 0 atom stereocenters. The van der Waals surface area contributed by atoms with E-state index in [2.05, 4.69) is 37.6 Å². The van der Waals surface area contributed by atoms with Crippen LogP contribution in [0.1, 0.15) is 20.8 Å².